The van der Waals surface area contributed by atoms with E-state index in [0.717, 1.165) is 46.3 Å². The normalized spacial score (nSPS) is 15.2. The molecule has 0 spiro atoms. The number of likely N-dealkylation sites (N-methyl/N-ethyl adjacent to an activating group) is 1. The Morgan fingerprint density at radius 3 is 2.52 bits per heavy atom. The second-order valence-electron chi connectivity index (χ2n) is 16.1. The minimum atomic E-state index is -0.952. The lowest BCUT2D eigenvalue weighted by atomic mass is 9.84. The number of benzene rings is 1. The highest BCUT2D eigenvalue weighted by Gasteiger charge is 2.33. The monoisotopic (exact) mass is 769 g/mol. The van der Waals surface area contributed by atoms with Crippen molar-refractivity contribution in [2.24, 2.45) is 11.3 Å². The number of hydrogen-bond donors (Lipinski definition) is 2. The van der Waals surface area contributed by atoms with Gasteiger partial charge in [0.25, 0.3) is 17.9 Å². The predicted octanol–water partition coefficient (Wildman–Crippen LogP) is 5.06. The molecular weight excluding hydrogens is 711 g/mol. The lowest BCUT2D eigenvalue weighted by Gasteiger charge is -2.33. The highest BCUT2D eigenvalue weighted by molar-refractivity contribution is 5.94. The first-order chi connectivity index (χ1) is 26.7. The number of methoxy groups -OCH3 is 1. The fourth-order valence-corrected chi connectivity index (χ4v) is 7.99. The number of amides is 2. The molecule has 0 radical (unpaired) electrons. The van der Waals surface area contributed by atoms with Crippen LogP contribution in [-0.4, -0.2) is 95.3 Å². The molecule has 3 aromatic heterocycles. The highest BCUT2D eigenvalue weighted by atomic mass is 16.5. The van der Waals surface area contributed by atoms with Gasteiger partial charge in [-0.25, -0.2) is 5.43 Å². The van der Waals surface area contributed by atoms with Crippen LogP contribution in [0, 0.1) is 11.3 Å². The molecule has 1 aliphatic rings. The van der Waals surface area contributed by atoms with Crippen LogP contribution in [0.15, 0.2) is 59.7 Å². The molecule has 0 aliphatic carbocycles. The lowest BCUT2D eigenvalue weighted by molar-refractivity contribution is -0.141. The number of rotatable bonds is 17. The van der Waals surface area contributed by atoms with E-state index < -0.39 is 17.5 Å². The van der Waals surface area contributed by atoms with Crippen LogP contribution in [0.4, 0.5) is 0 Å². The number of carbonyl (C=O) groups excluding carboxylic acids is 3. The first-order valence-corrected chi connectivity index (χ1v) is 19.6. The third-order valence-corrected chi connectivity index (χ3v) is 10.7. The van der Waals surface area contributed by atoms with Gasteiger partial charge in [-0.05, 0) is 95.1 Å². The molecule has 302 valence electrons. The number of carbonyl (C=O) groups is 3. The Kier molecular flexibility index (Phi) is 13.9. The molecule has 1 saturated heterocycles. The highest BCUT2D eigenvalue weighted by Crippen LogP contribution is 2.41. The summed E-state index contributed by atoms with van der Waals surface area (Å²) in [6, 6.07) is 12.1. The van der Waals surface area contributed by atoms with Crippen LogP contribution in [0.25, 0.3) is 27.8 Å². The summed E-state index contributed by atoms with van der Waals surface area (Å²) in [6.07, 6.45) is 5.62. The second-order valence-corrected chi connectivity index (χ2v) is 16.1. The molecule has 3 atom stereocenters. The number of pyridine rings is 2. The standard InChI is InChI=1S/C43H59N7O6/c1-10-48-36-18-17-31(24-33(36)34(25-43(5,6)26-56-27-51)39(48)32-16-13-19-44-37(32)29(4)55-9)49-21-14-15-30(41(49)53)23-35(42(54)50-22-12-11-20-45-50)46-40(52)38(28(2)3)47(7)8/h13-19,21,24,27-29,35,38,45H,10-12,20,22-23,25-26H2,1-9H3,(H,46,52). The Balaban J connectivity index is 1.63. The number of ether oxygens (including phenoxy) is 2. The van der Waals surface area contributed by atoms with Crippen molar-refractivity contribution >= 4 is 29.2 Å². The van der Waals surface area contributed by atoms with E-state index in [4.69, 9.17) is 14.5 Å². The van der Waals surface area contributed by atoms with Crippen LogP contribution >= 0.6 is 0 Å². The Bertz CT molecular complexity index is 2060. The third kappa shape index (κ3) is 9.22. The molecule has 4 aromatic rings. The Labute approximate surface area is 330 Å². The minimum Gasteiger partial charge on any atom is -0.467 e. The molecule has 13 heteroatoms. The Morgan fingerprint density at radius 1 is 1.11 bits per heavy atom. The van der Waals surface area contributed by atoms with Gasteiger partial charge in [0.15, 0.2) is 0 Å². The van der Waals surface area contributed by atoms with Gasteiger partial charge < -0.3 is 19.4 Å². The number of nitrogens with zero attached hydrogens (tertiary/aromatic N) is 5. The molecule has 5 rings (SSSR count). The molecule has 1 fully saturated rings. The first kappa shape index (κ1) is 42.3. The van der Waals surface area contributed by atoms with E-state index in [1.807, 2.05) is 64.0 Å². The van der Waals surface area contributed by atoms with Crippen molar-refractivity contribution in [3.8, 4) is 16.9 Å². The summed E-state index contributed by atoms with van der Waals surface area (Å²) in [5.41, 5.74) is 8.28. The number of aryl methyl sites for hydroxylation is 1. The molecule has 56 heavy (non-hydrogen) atoms. The van der Waals surface area contributed by atoms with Crippen molar-refractivity contribution in [3.63, 3.8) is 0 Å². The van der Waals surface area contributed by atoms with E-state index in [2.05, 4.69) is 42.1 Å². The molecule has 0 saturated carbocycles. The number of hydrogen-bond acceptors (Lipinski definition) is 9. The molecule has 2 amide bonds. The van der Waals surface area contributed by atoms with E-state index in [1.165, 1.54) is 0 Å². The van der Waals surface area contributed by atoms with Gasteiger partial charge >= 0.3 is 0 Å². The maximum absolute atomic E-state index is 14.4. The quantitative estimate of drug-likeness (QED) is 0.141. The van der Waals surface area contributed by atoms with Crippen LogP contribution < -0.4 is 16.3 Å². The average Bonchev–Trinajstić information content (AvgIpc) is 3.48. The summed E-state index contributed by atoms with van der Waals surface area (Å²) < 4.78 is 14.9. The van der Waals surface area contributed by atoms with Gasteiger partial charge in [0.05, 0.1) is 30.1 Å². The van der Waals surface area contributed by atoms with Crippen LogP contribution in [0.5, 0.6) is 0 Å². The summed E-state index contributed by atoms with van der Waals surface area (Å²) in [5.74, 6) is -0.529. The fourth-order valence-electron chi connectivity index (χ4n) is 7.99. The lowest BCUT2D eigenvalue weighted by Crippen LogP contribution is -2.59. The summed E-state index contributed by atoms with van der Waals surface area (Å²) in [5, 5.41) is 5.55. The zero-order valence-corrected chi connectivity index (χ0v) is 34.4. The maximum Gasteiger partial charge on any atom is 0.293 e. The second kappa shape index (κ2) is 18.4. The zero-order valence-electron chi connectivity index (χ0n) is 34.4. The predicted molar refractivity (Wildman–Crippen MR) is 218 cm³/mol. The van der Waals surface area contributed by atoms with Crippen molar-refractivity contribution in [2.45, 2.75) is 92.0 Å². The molecule has 0 bridgehead atoms. The summed E-state index contributed by atoms with van der Waals surface area (Å²) >= 11 is 0. The van der Waals surface area contributed by atoms with Gasteiger partial charge in [-0.15, -0.1) is 0 Å². The number of aromatic nitrogens is 3. The molecule has 4 heterocycles. The van der Waals surface area contributed by atoms with Gasteiger partial charge in [0.2, 0.25) is 5.91 Å². The smallest absolute Gasteiger partial charge is 0.293 e. The number of hydrazine groups is 1. The minimum absolute atomic E-state index is 0.00181. The van der Waals surface area contributed by atoms with Gasteiger partial charge in [0.1, 0.15) is 6.04 Å². The van der Waals surface area contributed by atoms with Crippen molar-refractivity contribution in [1.82, 2.24) is 34.8 Å². The molecular formula is C43H59N7O6. The number of fused-ring (bicyclic) bond motifs is 1. The van der Waals surface area contributed by atoms with Crippen LogP contribution in [-0.2, 0) is 43.2 Å². The summed E-state index contributed by atoms with van der Waals surface area (Å²) in [6.45, 7) is 14.7. The first-order valence-electron chi connectivity index (χ1n) is 19.6. The SMILES string of the molecule is CCn1c(-c2cccnc2C(C)OC)c(CC(C)(C)COC=O)c2cc(-n3cccc(CC(NC(=O)C(C(C)C)N(C)C)C(=O)N4CCCCN4)c3=O)ccc21. The van der Waals surface area contributed by atoms with Gasteiger partial charge in [-0.2, -0.15) is 0 Å². The molecule has 2 N–H and O–H groups in total. The summed E-state index contributed by atoms with van der Waals surface area (Å²) in [7, 11) is 5.36. The molecule has 3 unspecified atom stereocenters. The zero-order chi connectivity index (χ0) is 40.7. The van der Waals surface area contributed by atoms with Crippen molar-refractivity contribution in [2.75, 3.05) is 40.9 Å². The Morgan fingerprint density at radius 2 is 1.88 bits per heavy atom. The van der Waals surface area contributed by atoms with Crippen molar-refractivity contribution in [3.05, 3.63) is 82.0 Å². The van der Waals surface area contributed by atoms with Crippen molar-refractivity contribution in [1.29, 1.82) is 0 Å². The largest absolute Gasteiger partial charge is 0.467 e. The van der Waals surface area contributed by atoms with E-state index >= 15 is 0 Å². The van der Waals surface area contributed by atoms with Gasteiger partial charge in [-0.1, -0.05) is 33.8 Å². The van der Waals surface area contributed by atoms with Gasteiger partial charge in [0, 0.05) is 78.7 Å². The van der Waals surface area contributed by atoms with Gasteiger partial charge in [-0.3, -0.25) is 38.6 Å². The fraction of sp³-hybridized carbons (Fsp3) is 0.512. The van der Waals surface area contributed by atoms with E-state index in [0.29, 0.717) is 43.8 Å². The number of nitrogens with one attached hydrogen (secondary N) is 2. The maximum atomic E-state index is 14.4. The average molecular weight is 770 g/mol. The van der Waals surface area contributed by atoms with Crippen molar-refractivity contribution < 1.29 is 23.9 Å². The van der Waals surface area contributed by atoms with Crippen LogP contribution in [0.3, 0.4) is 0 Å². The third-order valence-electron chi connectivity index (χ3n) is 10.7. The van der Waals surface area contributed by atoms with E-state index in [1.54, 1.807) is 41.2 Å². The van der Waals surface area contributed by atoms with Crippen LogP contribution in [0.1, 0.15) is 77.3 Å². The van der Waals surface area contributed by atoms with Crippen LogP contribution in [0.2, 0.25) is 0 Å². The molecule has 13 nitrogen and oxygen atoms in total. The Hall–Kier alpha value is -4.85. The van der Waals surface area contributed by atoms with E-state index in [9.17, 15) is 19.2 Å². The molecule has 1 aromatic carbocycles. The molecule has 1 aliphatic heterocycles. The summed E-state index contributed by atoms with van der Waals surface area (Å²) in [4.78, 5) is 59.9. The topological polar surface area (TPSA) is 140 Å². The van der Waals surface area contributed by atoms with E-state index in [-0.39, 0.29) is 42.4 Å².